The quantitative estimate of drug-likeness (QED) is 0.901. The van der Waals surface area contributed by atoms with Gasteiger partial charge in [0.15, 0.2) is 5.69 Å². The fourth-order valence-corrected chi connectivity index (χ4v) is 2.82. The van der Waals surface area contributed by atoms with Gasteiger partial charge in [-0.15, -0.1) is 11.3 Å². The van der Waals surface area contributed by atoms with E-state index in [9.17, 15) is 4.79 Å². The van der Waals surface area contributed by atoms with Gasteiger partial charge in [-0.05, 0) is 19.4 Å². The van der Waals surface area contributed by atoms with E-state index >= 15 is 0 Å². The number of rotatable bonds is 2. The zero-order valence-electron chi connectivity index (χ0n) is 9.32. The van der Waals surface area contributed by atoms with Gasteiger partial charge in [0.25, 0.3) is 0 Å². The largest absolute Gasteiger partial charge is 0.476 e. The van der Waals surface area contributed by atoms with Gasteiger partial charge in [-0.2, -0.15) is 0 Å². The van der Waals surface area contributed by atoms with Crippen molar-refractivity contribution in [3.8, 4) is 10.6 Å². The maximum absolute atomic E-state index is 10.9. The van der Waals surface area contributed by atoms with Crippen molar-refractivity contribution in [3.05, 3.63) is 39.4 Å². The molecule has 17 heavy (non-hydrogen) atoms. The highest BCUT2D eigenvalue weighted by Gasteiger charge is 2.17. The molecule has 3 nitrogen and oxygen atoms in total. The number of carboxylic acid groups (broad SMARTS) is 1. The van der Waals surface area contributed by atoms with Crippen LogP contribution in [0, 0.1) is 13.8 Å². The van der Waals surface area contributed by atoms with Crippen LogP contribution in [0.5, 0.6) is 0 Å². The predicted molar refractivity (Wildman–Crippen MR) is 69.0 cm³/mol. The number of nitrogens with zero attached hydrogens (tertiary/aromatic N) is 1. The van der Waals surface area contributed by atoms with Crippen LogP contribution in [-0.2, 0) is 0 Å². The summed E-state index contributed by atoms with van der Waals surface area (Å²) in [5, 5.41) is 9.54. The molecule has 88 valence electrons. The summed E-state index contributed by atoms with van der Waals surface area (Å²) in [6.45, 7) is 3.98. The molecule has 1 heterocycles. The number of halogens is 1. The van der Waals surface area contributed by atoms with E-state index in [2.05, 4.69) is 4.98 Å². The molecule has 0 saturated carbocycles. The molecule has 0 fully saturated rings. The first-order valence-corrected chi connectivity index (χ1v) is 6.15. The monoisotopic (exact) mass is 267 g/mol. The molecule has 0 aliphatic carbocycles. The number of hydrogen-bond acceptors (Lipinski definition) is 3. The number of hydrogen-bond donors (Lipinski definition) is 1. The number of aryl methyl sites for hydroxylation is 2. The second-order valence-electron chi connectivity index (χ2n) is 3.76. The molecule has 1 aromatic carbocycles. The highest BCUT2D eigenvalue weighted by molar-refractivity contribution is 7.19. The molecule has 1 N–H and O–H groups in total. The number of carbonyl (C=O) groups is 1. The topological polar surface area (TPSA) is 50.2 Å². The minimum absolute atomic E-state index is 0.0772. The normalized spacial score (nSPS) is 10.5. The van der Waals surface area contributed by atoms with Gasteiger partial charge < -0.3 is 5.11 Å². The molecule has 0 aliphatic heterocycles. The first kappa shape index (κ1) is 12.1. The van der Waals surface area contributed by atoms with Crippen LogP contribution < -0.4 is 0 Å². The van der Waals surface area contributed by atoms with Gasteiger partial charge in [-0.3, -0.25) is 0 Å². The molecular weight excluding hydrogens is 258 g/mol. The van der Waals surface area contributed by atoms with Crippen LogP contribution >= 0.6 is 22.9 Å². The first-order valence-electron chi connectivity index (χ1n) is 4.96. The third kappa shape index (κ3) is 2.33. The lowest BCUT2D eigenvalue weighted by atomic mass is 10.1. The zero-order chi connectivity index (χ0) is 12.6. The van der Waals surface area contributed by atoms with Crippen LogP contribution in [0.1, 0.15) is 21.6 Å². The Morgan fingerprint density at radius 2 is 2.12 bits per heavy atom. The molecule has 0 atom stereocenters. The molecule has 2 aromatic rings. The molecule has 0 bridgehead atoms. The third-order valence-electron chi connectivity index (χ3n) is 2.40. The Balaban J connectivity index is 2.53. The van der Waals surface area contributed by atoms with E-state index in [0.717, 1.165) is 16.7 Å². The highest BCUT2D eigenvalue weighted by Crippen LogP contribution is 2.33. The van der Waals surface area contributed by atoms with E-state index < -0.39 is 5.97 Å². The van der Waals surface area contributed by atoms with E-state index in [1.54, 1.807) is 0 Å². The molecule has 0 radical (unpaired) electrons. The Morgan fingerprint density at radius 1 is 1.41 bits per heavy atom. The summed E-state index contributed by atoms with van der Waals surface area (Å²) in [4.78, 5) is 14.9. The molecule has 0 amide bonds. The Hall–Kier alpha value is -1.39. The van der Waals surface area contributed by atoms with Crippen LogP contribution in [0.3, 0.4) is 0 Å². The molecule has 0 aliphatic rings. The molecule has 0 spiro atoms. The van der Waals surface area contributed by atoms with Crippen molar-refractivity contribution in [2.45, 2.75) is 13.8 Å². The van der Waals surface area contributed by atoms with Crippen LogP contribution in [0.15, 0.2) is 18.2 Å². The predicted octanol–water partition coefficient (Wildman–Crippen LogP) is 3.78. The maximum Gasteiger partial charge on any atom is 0.356 e. The van der Waals surface area contributed by atoms with Gasteiger partial charge in [-0.25, -0.2) is 9.78 Å². The maximum atomic E-state index is 10.9. The van der Waals surface area contributed by atoms with E-state index in [1.165, 1.54) is 11.3 Å². The first-order chi connectivity index (χ1) is 7.99. The van der Waals surface area contributed by atoms with Crippen molar-refractivity contribution in [2.75, 3.05) is 0 Å². The van der Waals surface area contributed by atoms with E-state index in [1.807, 2.05) is 32.0 Å². The molecule has 2 rings (SSSR count). The van der Waals surface area contributed by atoms with Gasteiger partial charge in [0.2, 0.25) is 0 Å². The molecule has 1 aromatic heterocycles. The Labute approximate surface area is 108 Å². The van der Waals surface area contributed by atoms with Crippen molar-refractivity contribution in [3.63, 3.8) is 0 Å². The van der Waals surface area contributed by atoms with Crippen molar-refractivity contribution in [1.29, 1.82) is 0 Å². The summed E-state index contributed by atoms with van der Waals surface area (Å²) in [6, 6.07) is 5.94. The second kappa shape index (κ2) is 4.47. The van der Waals surface area contributed by atoms with Gasteiger partial charge in [0, 0.05) is 5.56 Å². The Morgan fingerprint density at radius 3 is 2.65 bits per heavy atom. The van der Waals surface area contributed by atoms with Crippen molar-refractivity contribution < 1.29 is 9.90 Å². The van der Waals surface area contributed by atoms with Crippen molar-refractivity contribution in [1.82, 2.24) is 4.98 Å². The van der Waals surface area contributed by atoms with Crippen LogP contribution in [0.2, 0.25) is 4.34 Å². The van der Waals surface area contributed by atoms with Crippen LogP contribution in [0.25, 0.3) is 10.6 Å². The van der Waals surface area contributed by atoms with E-state index in [4.69, 9.17) is 16.7 Å². The fraction of sp³-hybridized carbons (Fsp3) is 0.167. The SMILES string of the molecule is Cc1ccc(-c2nc(C(=O)O)c(Cl)s2)c(C)c1. The van der Waals surface area contributed by atoms with Gasteiger partial charge >= 0.3 is 5.97 Å². The summed E-state index contributed by atoms with van der Waals surface area (Å²) in [5.74, 6) is -1.10. The molecule has 0 unspecified atom stereocenters. The lowest BCUT2D eigenvalue weighted by Gasteiger charge is -2.02. The zero-order valence-corrected chi connectivity index (χ0v) is 10.9. The number of benzene rings is 1. The average molecular weight is 268 g/mol. The molecule has 0 saturated heterocycles. The average Bonchev–Trinajstić information content (AvgIpc) is 2.60. The van der Waals surface area contributed by atoms with Gasteiger partial charge in [-0.1, -0.05) is 35.4 Å². The number of aromatic carboxylic acids is 1. The Bertz CT molecular complexity index is 592. The third-order valence-corrected chi connectivity index (χ3v) is 3.69. The second-order valence-corrected chi connectivity index (χ2v) is 5.37. The Kier molecular flexibility index (Phi) is 3.17. The smallest absolute Gasteiger partial charge is 0.356 e. The summed E-state index contributed by atoms with van der Waals surface area (Å²) in [7, 11) is 0. The summed E-state index contributed by atoms with van der Waals surface area (Å²) < 4.78 is 0.215. The summed E-state index contributed by atoms with van der Waals surface area (Å²) in [5.41, 5.74) is 3.07. The van der Waals surface area contributed by atoms with E-state index in [0.29, 0.717) is 5.01 Å². The molecule has 5 heteroatoms. The van der Waals surface area contributed by atoms with Crippen molar-refractivity contribution >= 4 is 28.9 Å². The molecular formula is C12H10ClNO2S. The lowest BCUT2D eigenvalue weighted by molar-refractivity contribution is 0.0691. The number of carboxylic acids is 1. The minimum atomic E-state index is -1.10. The van der Waals surface area contributed by atoms with Gasteiger partial charge in [0.1, 0.15) is 9.34 Å². The minimum Gasteiger partial charge on any atom is -0.476 e. The van der Waals surface area contributed by atoms with Crippen LogP contribution in [-0.4, -0.2) is 16.1 Å². The summed E-state index contributed by atoms with van der Waals surface area (Å²) in [6.07, 6.45) is 0. The van der Waals surface area contributed by atoms with Gasteiger partial charge in [0.05, 0.1) is 0 Å². The number of aromatic nitrogens is 1. The number of thiazole rings is 1. The van der Waals surface area contributed by atoms with Crippen LogP contribution in [0.4, 0.5) is 0 Å². The van der Waals surface area contributed by atoms with Crippen molar-refractivity contribution in [2.24, 2.45) is 0 Å². The fourth-order valence-electron chi connectivity index (χ4n) is 1.60. The lowest BCUT2D eigenvalue weighted by Crippen LogP contribution is -1.97. The highest BCUT2D eigenvalue weighted by atomic mass is 35.5. The summed E-state index contributed by atoms with van der Waals surface area (Å²) >= 11 is 7.04. The van der Waals surface area contributed by atoms with E-state index in [-0.39, 0.29) is 10.0 Å². The standard InChI is InChI=1S/C12H10ClNO2S/c1-6-3-4-8(7(2)5-6)11-14-9(12(15)16)10(13)17-11/h3-5H,1-2H3,(H,15,16).